The van der Waals surface area contributed by atoms with Gasteiger partial charge in [-0.15, -0.1) is 0 Å². The molecule has 7 heteroatoms. The summed E-state index contributed by atoms with van der Waals surface area (Å²) in [7, 11) is 0. The molecule has 0 aromatic heterocycles. The zero-order valence-corrected chi connectivity index (χ0v) is 18.4. The number of aromatic hydroxyl groups is 1. The molecule has 3 aromatic carbocycles. The third-order valence-corrected chi connectivity index (χ3v) is 5.89. The highest BCUT2D eigenvalue weighted by molar-refractivity contribution is 14.1. The molecule has 30 heavy (non-hydrogen) atoms. The third kappa shape index (κ3) is 3.86. The van der Waals surface area contributed by atoms with Crippen molar-refractivity contribution in [2.24, 2.45) is 10.7 Å². The summed E-state index contributed by atoms with van der Waals surface area (Å²) in [4.78, 5) is 4.50. The summed E-state index contributed by atoms with van der Waals surface area (Å²) in [6, 6.07) is 20.3. The Balaban J connectivity index is 1.84. The fourth-order valence-electron chi connectivity index (χ4n) is 3.34. The van der Waals surface area contributed by atoms with Crippen molar-refractivity contribution in [2.45, 2.75) is 5.92 Å². The van der Waals surface area contributed by atoms with Crippen LogP contribution < -0.4 is 10.5 Å². The van der Waals surface area contributed by atoms with Crippen LogP contribution in [0.3, 0.4) is 0 Å². The standard InChI is InChI=1S/C23H15ClIN3O2/c24-15-5-3-4-13(8-15)22-16-9-14(12-28-19-7-2-1-6-18(19)25)20(29)10-21(16)30-23(27)17(22)11-26/h1-10,12,22,29H,27H2. The number of allylic oxidation sites excluding steroid dienone is 1. The normalized spacial score (nSPS) is 15.6. The van der Waals surface area contributed by atoms with Gasteiger partial charge in [0.05, 0.1) is 11.6 Å². The Kier molecular flexibility index (Phi) is 5.66. The third-order valence-electron chi connectivity index (χ3n) is 4.74. The van der Waals surface area contributed by atoms with Gasteiger partial charge in [0.2, 0.25) is 5.88 Å². The van der Waals surface area contributed by atoms with E-state index >= 15 is 0 Å². The first-order valence-electron chi connectivity index (χ1n) is 8.96. The minimum Gasteiger partial charge on any atom is -0.507 e. The van der Waals surface area contributed by atoms with Crippen LogP contribution in [0.25, 0.3) is 0 Å². The molecular weight excluding hydrogens is 513 g/mol. The van der Waals surface area contributed by atoms with Gasteiger partial charge in [-0.25, -0.2) is 0 Å². The van der Waals surface area contributed by atoms with E-state index in [1.807, 2.05) is 36.4 Å². The number of ether oxygens (including phenoxy) is 1. The van der Waals surface area contributed by atoms with Crippen LogP contribution in [0.4, 0.5) is 5.69 Å². The van der Waals surface area contributed by atoms with E-state index in [9.17, 15) is 10.4 Å². The Bertz CT molecular complexity index is 1250. The van der Waals surface area contributed by atoms with Crippen LogP contribution in [-0.2, 0) is 0 Å². The quantitative estimate of drug-likeness (QED) is 0.342. The highest BCUT2D eigenvalue weighted by Crippen LogP contribution is 2.44. The molecule has 0 radical (unpaired) electrons. The van der Waals surface area contributed by atoms with Crippen molar-refractivity contribution in [2.75, 3.05) is 0 Å². The molecular formula is C23H15ClIN3O2. The molecule has 0 amide bonds. The van der Waals surface area contributed by atoms with Crippen LogP contribution in [0.5, 0.6) is 11.5 Å². The van der Waals surface area contributed by atoms with E-state index in [1.54, 1.807) is 24.4 Å². The van der Waals surface area contributed by atoms with Gasteiger partial charge in [-0.3, -0.25) is 4.99 Å². The average Bonchev–Trinajstić information content (AvgIpc) is 2.72. The molecule has 1 aliphatic heterocycles. The fraction of sp³-hybridized carbons (Fsp3) is 0.0435. The van der Waals surface area contributed by atoms with Gasteiger partial charge < -0.3 is 15.6 Å². The lowest BCUT2D eigenvalue weighted by molar-refractivity contribution is 0.388. The van der Waals surface area contributed by atoms with Gasteiger partial charge in [0, 0.05) is 32.0 Å². The number of phenols is 1. The highest BCUT2D eigenvalue weighted by Gasteiger charge is 2.31. The Morgan fingerprint density at radius 1 is 1.17 bits per heavy atom. The molecule has 5 nitrogen and oxygen atoms in total. The number of phenolic OH excluding ortho intramolecular Hbond substituents is 1. The summed E-state index contributed by atoms with van der Waals surface area (Å²) < 4.78 is 6.62. The van der Waals surface area contributed by atoms with E-state index in [2.05, 4.69) is 33.7 Å². The molecule has 3 aromatic rings. The monoisotopic (exact) mass is 527 g/mol. The van der Waals surface area contributed by atoms with Gasteiger partial charge >= 0.3 is 0 Å². The van der Waals surface area contributed by atoms with Crippen LogP contribution in [-0.4, -0.2) is 11.3 Å². The number of halogens is 2. The highest BCUT2D eigenvalue weighted by atomic mass is 127. The van der Waals surface area contributed by atoms with Crippen molar-refractivity contribution in [3.8, 4) is 17.6 Å². The number of para-hydroxylation sites is 1. The molecule has 0 aliphatic carbocycles. The van der Waals surface area contributed by atoms with E-state index in [0.717, 1.165) is 14.8 Å². The first-order chi connectivity index (χ1) is 14.5. The zero-order valence-electron chi connectivity index (χ0n) is 15.5. The van der Waals surface area contributed by atoms with E-state index in [4.69, 9.17) is 22.1 Å². The van der Waals surface area contributed by atoms with Crippen molar-refractivity contribution in [1.29, 1.82) is 5.26 Å². The topological polar surface area (TPSA) is 91.6 Å². The van der Waals surface area contributed by atoms with Gasteiger partial charge in [-0.1, -0.05) is 35.9 Å². The number of aliphatic imine (C=N–C) groups is 1. The lowest BCUT2D eigenvalue weighted by Crippen LogP contribution is -2.21. The Morgan fingerprint density at radius 3 is 2.70 bits per heavy atom. The Hall–Kier alpha value is -3.02. The second kappa shape index (κ2) is 8.38. The molecule has 148 valence electrons. The predicted molar refractivity (Wildman–Crippen MR) is 125 cm³/mol. The lowest BCUT2D eigenvalue weighted by atomic mass is 9.83. The van der Waals surface area contributed by atoms with E-state index in [0.29, 0.717) is 21.9 Å². The van der Waals surface area contributed by atoms with Crippen LogP contribution in [0, 0.1) is 14.9 Å². The molecule has 1 unspecified atom stereocenters. The number of nitriles is 1. The second-order valence-corrected chi connectivity index (χ2v) is 8.24. The molecule has 0 saturated carbocycles. The molecule has 1 heterocycles. The molecule has 0 fully saturated rings. The summed E-state index contributed by atoms with van der Waals surface area (Å²) >= 11 is 8.39. The van der Waals surface area contributed by atoms with Gasteiger partial charge in [0.25, 0.3) is 0 Å². The van der Waals surface area contributed by atoms with E-state index in [-0.39, 0.29) is 17.2 Å². The minimum absolute atomic E-state index is 0.00138. The Morgan fingerprint density at radius 2 is 1.97 bits per heavy atom. The maximum Gasteiger partial charge on any atom is 0.205 e. The second-order valence-electron chi connectivity index (χ2n) is 6.64. The lowest BCUT2D eigenvalue weighted by Gasteiger charge is -2.27. The smallest absolute Gasteiger partial charge is 0.205 e. The summed E-state index contributed by atoms with van der Waals surface area (Å²) in [6.45, 7) is 0. The molecule has 0 bridgehead atoms. The number of nitrogens with zero attached hydrogens (tertiary/aromatic N) is 2. The number of hydrogen-bond acceptors (Lipinski definition) is 5. The summed E-state index contributed by atoms with van der Waals surface area (Å²) in [6.07, 6.45) is 1.59. The van der Waals surface area contributed by atoms with Gasteiger partial charge in [0.1, 0.15) is 23.1 Å². The molecule has 0 saturated heterocycles. The van der Waals surface area contributed by atoms with E-state index < -0.39 is 5.92 Å². The van der Waals surface area contributed by atoms with Crippen molar-refractivity contribution in [1.82, 2.24) is 0 Å². The fourth-order valence-corrected chi connectivity index (χ4v) is 4.06. The Labute approximate surface area is 192 Å². The van der Waals surface area contributed by atoms with Crippen LogP contribution >= 0.6 is 34.2 Å². The maximum atomic E-state index is 10.5. The number of benzene rings is 3. The number of nitrogens with two attached hydrogens (primary N) is 1. The average molecular weight is 528 g/mol. The van der Waals surface area contributed by atoms with Gasteiger partial charge in [-0.2, -0.15) is 5.26 Å². The van der Waals surface area contributed by atoms with Crippen LogP contribution in [0.1, 0.15) is 22.6 Å². The first kappa shape index (κ1) is 20.3. The number of fused-ring (bicyclic) bond motifs is 1. The van der Waals surface area contributed by atoms with Crippen LogP contribution in [0.2, 0.25) is 5.02 Å². The van der Waals surface area contributed by atoms with Crippen molar-refractivity contribution in [3.05, 3.63) is 97.4 Å². The maximum absolute atomic E-state index is 10.5. The largest absolute Gasteiger partial charge is 0.507 e. The molecule has 4 rings (SSSR count). The van der Waals surface area contributed by atoms with Crippen molar-refractivity contribution in [3.63, 3.8) is 0 Å². The summed E-state index contributed by atoms with van der Waals surface area (Å²) in [5, 5.41) is 20.8. The van der Waals surface area contributed by atoms with Gasteiger partial charge in [-0.05, 0) is 58.5 Å². The number of rotatable bonds is 3. The molecule has 3 N–H and O–H groups in total. The van der Waals surface area contributed by atoms with E-state index in [1.165, 1.54) is 6.07 Å². The van der Waals surface area contributed by atoms with Gasteiger partial charge in [0.15, 0.2) is 0 Å². The van der Waals surface area contributed by atoms with Crippen LogP contribution in [0.15, 0.2) is 77.1 Å². The number of hydrogen-bond donors (Lipinski definition) is 2. The predicted octanol–water partition coefficient (Wildman–Crippen LogP) is 5.62. The minimum atomic E-state index is -0.470. The SMILES string of the molecule is N#CC1=C(N)Oc2cc(O)c(C=Nc3ccccc3I)cc2C1c1cccc(Cl)c1. The zero-order chi connectivity index (χ0) is 21.3. The summed E-state index contributed by atoms with van der Waals surface area (Å²) in [5.41, 5.74) is 9.09. The first-order valence-corrected chi connectivity index (χ1v) is 10.4. The molecule has 1 aliphatic rings. The summed E-state index contributed by atoms with van der Waals surface area (Å²) in [5.74, 6) is -0.0707. The molecule has 0 spiro atoms. The van der Waals surface area contributed by atoms with Crippen molar-refractivity contribution < 1.29 is 9.84 Å². The molecule has 1 atom stereocenters. The van der Waals surface area contributed by atoms with Crippen molar-refractivity contribution >= 4 is 46.1 Å².